The molecule has 2 heterocycles. The Balaban J connectivity index is 1.50. The van der Waals surface area contributed by atoms with Gasteiger partial charge in [0.2, 0.25) is 0 Å². The highest BCUT2D eigenvalue weighted by molar-refractivity contribution is 6.32. The van der Waals surface area contributed by atoms with Gasteiger partial charge < -0.3 is 10.1 Å². The molecule has 32 heavy (non-hydrogen) atoms. The molecular weight excluding hydrogens is 445 g/mol. The summed E-state index contributed by atoms with van der Waals surface area (Å²) in [5.74, 6) is -1.90. The van der Waals surface area contributed by atoms with Gasteiger partial charge >= 0.3 is 0 Å². The van der Waals surface area contributed by atoms with E-state index in [0.717, 1.165) is 16.8 Å². The Bertz CT molecular complexity index is 1330. The number of aromatic nitrogens is 3. The molecule has 0 amide bonds. The van der Waals surface area contributed by atoms with E-state index in [4.69, 9.17) is 16.3 Å². The lowest BCUT2D eigenvalue weighted by Gasteiger charge is -2.12. The summed E-state index contributed by atoms with van der Waals surface area (Å²) in [6, 6.07) is 10.4. The number of nitrogens with zero attached hydrogens (tertiary/aromatic N) is 3. The van der Waals surface area contributed by atoms with Crippen LogP contribution < -0.4 is 15.6 Å². The van der Waals surface area contributed by atoms with Crippen molar-refractivity contribution in [1.82, 2.24) is 14.8 Å². The molecule has 0 saturated carbocycles. The fraction of sp³-hybridized carbons (Fsp3) is 0.0455. The molecule has 0 aliphatic heterocycles. The third-order valence-electron chi connectivity index (χ3n) is 4.40. The highest BCUT2D eigenvalue weighted by atomic mass is 35.5. The van der Waals surface area contributed by atoms with Crippen molar-refractivity contribution < 1.29 is 17.9 Å². The molecule has 0 aliphatic rings. The average molecular weight is 459 g/mol. The molecule has 10 heteroatoms. The number of anilines is 1. The number of hydrogen-bond donors (Lipinski definition) is 1. The highest BCUT2D eigenvalue weighted by Gasteiger charge is 2.14. The predicted octanol–water partition coefficient (Wildman–Crippen LogP) is 5.10. The van der Waals surface area contributed by atoms with Crippen molar-refractivity contribution in [2.75, 3.05) is 5.32 Å². The number of rotatable bonds is 6. The zero-order valence-electron chi connectivity index (χ0n) is 16.2. The molecule has 2 aromatic carbocycles. The first-order valence-corrected chi connectivity index (χ1v) is 9.63. The molecule has 0 unspecified atom stereocenters. The molecule has 0 spiro atoms. The van der Waals surface area contributed by atoms with Crippen LogP contribution >= 0.6 is 11.6 Å². The first-order chi connectivity index (χ1) is 15.4. The normalized spacial score (nSPS) is 10.8. The summed E-state index contributed by atoms with van der Waals surface area (Å²) in [5.41, 5.74) is -0.318. The maximum atomic E-state index is 14.4. The van der Waals surface area contributed by atoms with Gasteiger partial charge in [0.1, 0.15) is 22.3 Å². The van der Waals surface area contributed by atoms with Crippen LogP contribution in [0.15, 0.2) is 71.9 Å². The maximum Gasteiger partial charge on any atom is 0.292 e. The fourth-order valence-corrected chi connectivity index (χ4v) is 3.05. The van der Waals surface area contributed by atoms with Gasteiger partial charge in [0.15, 0.2) is 17.4 Å². The largest absolute Gasteiger partial charge is 0.453 e. The van der Waals surface area contributed by atoms with Gasteiger partial charge in [-0.25, -0.2) is 13.2 Å². The van der Waals surface area contributed by atoms with Crippen molar-refractivity contribution in [1.29, 1.82) is 0 Å². The molecule has 162 valence electrons. The Morgan fingerprint density at radius 2 is 1.88 bits per heavy atom. The van der Waals surface area contributed by atoms with Crippen LogP contribution in [-0.2, 0) is 6.54 Å². The number of benzene rings is 2. The molecule has 4 aromatic rings. The molecule has 0 aliphatic carbocycles. The van der Waals surface area contributed by atoms with E-state index in [1.54, 1.807) is 24.4 Å². The third kappa shape index (κ3) is 4.57. The standard InChI is InChI=1S/C22H14ClF3N4O2/c23-21-18(12-29-30(22(21)31)19-5-4-14(24)9-16(19)25)28-10-13-3-6-20(17(26)8-13)32-15-2-1-7-27-11-15/h1-9,11-12,28H,10H2. The molecule has 0 fully saturated rings. The van der Waals surface area contributed by atoms with E-state index >= 15 is 0 Å². The van der Waals surface area contributed by atoms with Gasteiger partial charge in [0.25, 0.3) is 5.56 Å². The monoisotopic (exact) mass is 458 g/mol. The van der Waals surface area contributed by atoms with Crippen molar-refractivity contribution in [3.05, 3.63) is 106 Å². The average Bonchev–Trinajstić information content (AvgIpc) is 2.78. The topological polar surface area (TPSA) is 69.0 Å². The van der Waals surface area contributed by atoms with Crippen LogP contribution in [0, 0.1) is 17.5 Å². The molecule has 1 N–H and O–H groups in total. The summed E-state index contributed by atoms with van der Waals surface area (Å²) >= 11 is 6.11. The van der Waals surface area contributed by atoms with E-state index in [2.05, 4.69) is 15.4 Å². The molecule has 0 radical (unpaired) electrons. The van der Waals surface area contributed by atoms with Crippen molar-refractivity contribution in [3.8, 4) is 17.2 Å². The summed E-state index contributed by atoms with van der Waals surface area (Å²) in [7, 11) is 0. The molecule has 4 rings (SSSR count). The second-order valence-corrected chi connectivity index (χ2v) is 6.97. The van der Waals surface area contributed by atoms with Gasteiger partial charge in [0, 0.05) is 18.8 Å². The second-order valence-electron chi connectivity index (χ2n) is 6.59. The minimum Gasteiger partial charge on any atom is -0.453 e. The number of ether oxygens (including phenoxy) is 1. The number of nitrogens with one attached hydrogen (secondary N) is 1. The van der Waals surface area contributed by atoms with Crippen LogP contribution in [0.1, 0.15) is 5.56 Å². The van der Waals surface area contributed by atoms with E-state index in [1.807, 2.05) is 0 Å². The Hall–Kier alpha value is -3.85. The van der Waals surface area contributed by atoms with E-state index in [1.165, 1.54) is 24.5 Å². The quantitative estimate of drug-likeness (QED) is 0.435. The summed E-state index contributed by atoms with van der Waals surface area (Å²) in [5, 5.41) is 6.53. The van der Waals surface area contributed by atoms with Crippen molar-refractivity contribution >= 4 is 17.3 Å². The van der Waals surface area contributed by atoms with Gasteiger partial charge in [-0.15, -0.1) is 0 Å². The maximum absolute atomic E-state index is 14.4. The van der Waals surface area contributed by atoms with E-state index in [-0.39, 0.29) is 28.7 Å². The van der Waals surface area contributed by atoms with Crippen LogP contribution in [0.4, 0.5) is 18.9 Å². The molecular formula is C22H14ClF3N4O2. The minimum atomic E-state index is -0.958. The third-order valence-corrected chi connectivity index (χ3v) is 4.76. The number of hydrogen-bond acceptors (Lipinski definition) is 5. The second kappa shape index (κ2) is 9.11. The Kier molecular flexibility index (Phi) is 6.09. The Morgan fingerprint density at radius 1 is 1.03 bits per heavy atom. The molecule has 2 aromatic heterocycles. The van der Waals surface area contributed by atoms with E-state index in [9.17, 15) is 18.0 Å². The van der Waals surface area contributed by atoms with Crippen molar-refractivity contribution in [2.24, 2.45) is 0 Å². The Morgan fingerprint density at radius 3 is 2.59 bits per heavy atom. The van der Waals surface area contributed by atoms with Gasteiger partial charge in [-0.1, -0.05) is 17.7 Å². The van der Waals surface area contributed by atoms with Gasteiger partial charge in [-0.2, -0.15) is 9.78 Å². The van der Waals surface area contributed by atoms with E-state index < -0.39 is 23.0 Å². The van der Waals surface area contributed by atoms with E-state index in [0.29, 0.717) is 17.4 Å². The lowest BCUT2D eigenvalue weighted by atomic mass is 10.2. The number of pyridine rings is 1. The zero-order chi connectivity index (χ0) is 22.7. The fourth-order valence-electron chi connectivity index (χ4n) is 2.85. The smallest absolute Gasteiger partial charge is 0.292 e. The minimum absolute atomic E-state index is 0.0328. The van der Waals surface area contributed by atoms with Crippen LogP contribution in [0.25, 0.3) is 5.69 Å². The van der Waals surface area contributed by atoms with Crippen LogP contribution in [0.5, 0.6) is 11.5 Å². The van der Waals surface area contributed by atoms with Crippen LogP contribution in [0.2, 0.25) is 5.02 Å². The molecule has 6 nitrogen and oxygen atoms in total. The SMILES string of the molecule is O=c1c(Cl)c(NCc2ccc(Oc3cccnc3)c(F)c2)cnn1-c1ccc(F)cc1F. The first-order valence-electron chi connectivity index (χ1n) is 9.26. The van der Waals surface area contributed by atoms with Crippen LogP contribution in [-0.4, -0.2) is 14.8 Å². The predicted molar refractivity (Wildman–Crippen MR) is 113 cm³/mol. The number of halogens is 4. The van der Waals surface area contributed by atoms with Gasteiger partial charge in [-0.3, -0.25) is 9.78 Å². The summed E-state index contributed by atoms with van der Waals surface area (Å²) in [6.45, 7) is 0.125. The van der Waals surface area contributed by atoms with Gasteiger partial charge in [0.05, 0.1) is 18.1 Å². The Labute approximate surface area is 184 Å². The molecule has 0 atom stereocenters. The van der Waals surface area contributed by atoms with Crippen molar-refractivity contribution in [3.63, 3.8) is 0 Å². The lowest BCUT2D eigenvalue weighted by molar-refractivity contribution is 0.440. The highest BCUT2D eigenvalue weighted by Crippen LogP contribution is 2.25. The first kappa shape index (κ1) is 21.4. The molecule has 0 bridgehead atoms. The zero-order valence-corrected chi connectivity index (χ0v) is 17.0. The van der Waals surface area contributed by atoms with Gasteiger partial charge in [-0.05, 0) is 42.0 Å². The summed E-state index contributed by atoms with van der Waals surface area (Å²) in [4.78, 5) is 16.4. The molecule has 0 saturated heterocycles. The van der Waals surface area contributed by atoms with Crippen molar-refractivity contribution in [2.45, 2.75) is 6.54 Å². The summed E-state index contributed by atoms with van der Waals surface area (Å²) < 4.78 is 47.6. The lowest BCUT2D eigenvalue weighted by Crippen LogP contribution is -2.23. The van der Waals surface area contributed by atoms with Crippen LogP contribution in [0.3, 0.4) is 0 Å². The summed E-state index contributed by atoms with van der Waals surface area (Å²) in [6.07, 6.45) is 4.26.